The van der Waals surface area contributed by atoms with Gasteiger partial charge in [0, 0.05) is 57.0 Å². The van der Waals surface area contributed by atoms with Crippen molar-refractivity contribution in [2.45, 2.75) is 82.6 Å². The SMILES string of the molecule is O=C(CCCCC(=O)NCc1ccccc1-c1ccc([C@@H]2O[C@H](CN3CCC(n4c(=O)[nH]c5ccccc54)CC3)C[C@H](c3ccc(CO)cc3)O2)cc1)NO. The molecule has 55 heavy (non-hydrogen) atoms. The number of para-hydroxylation sites is 2. The number of imidazole rings is 1. The zero-order valence-electron chi connectivity index (χ0n) is 30.9. The summed E-state index contributed by atoms with van der Waals surface area (Å²) in [6.07, 6.45) is 3.10. The third-order valence-electron chi connectivity index (χ3n) is 10.8. The van der Waals surface area contributed by atoms with Crippen LogP contribution in [0.2, 0.25) is 0 Å². The molecular formula is C43H49N5O7. The number of aromatic nitrogens is 2. The summed E-state index contributed by atoms with van der Waals surface area (Å²) < 4.78 is 15.3. The van der Waals surface area contributed by atoms with E-state index < -0.39 is 12.2 Å². The molecule has 2 fully saturated rings. The van der Waals surface area contributed by atoms with E-state index in [1.165, 1.54) is 0 Å². The summed E-state index contributed by atoms with van der Waals surface area (Å²) in [6.45, 7) is 2.81. The van der Waals surface area contributed by atoms with Crippen LogP contribution in [0.15, 0.2) is 102 Å². The Bertz CT molecular complexity index is 2100. The molecule has 0 radical (unpaired) electrons. The Morgan fingerprint density at radius 2 is 1.51 bits per heavy atom. The van der Waals surface area contributed by atoms with Crippen LogP contribution in [0.25, 0.3) is 22.2 Å². The highest BCUT2D eigenvalue weighted by Gasteiger charge is 2.34. The van der Waals surface area contributed by atoms with Gasteiger partial charge in [-0.1, -0.05) is 84.9 Å². The van der Waals surface area contributed by atoms with Gasteiger partial charge < -0.3 is 29.8 Å². The molecule has 0 spiro atoms. The number of H-pyrrole nitrogens is 1. The minimum atomic E-state index is -0.587. The molecule has 3 heterocycles. The number of likely N-dealkylation sites (tertiary alicyclic amines) is 1. The number of aliphatic hydroxyl groups is 1. The maximum absolute atomic E-state index is 12.9. The summed E-state index contributed by atoms with van der Waals surface area (Å²) in [5.74, 6) is -0.546. The van der Waals surface area contributed by atoms with Gasteiger partial charge in [-0.2, -0.15) is 0 Å². The average molecular weight is 748 g/mol. The summed E-state index contributed by atoms with van der Waals surface area (Å²) >= 11 is 0. The first-order valence-electron chi connectivity index (χ1n) is 19.2. The first-order chi connectivity index (χ1) is 26.9. The Hall–Kier alpha value is -5.11. The van der Waals surface area contributed by atoms with Crippen molar-refractivity contribution < 1.29 is 29.4 Å². The summed E-state index contributed by atoms with van der Waals surface area (Å²) in [7, 11) is 0. The first kappa shape index (κ1) is 38.2. The van der Waals surface area contributed by atoms with Crippen molar-refractivity contribution in [2.24, 2.45) is 0 Å². The van der Waals surface area contributed by atoms with Crippen molar-refractivity contribution in [2.75, 3.05) is 19.6 Å². The minimum absolute atomic E-state index is 0.0178. The monoisotopic (exact) mass is 747 g/mol. The number of hydrogen-bond donors (Lipinski definition) is 5. The maximum atomic E-state index is 12.9. The lowest BCUT2D eigenvalue weighted by Crippen LogP contribution is -2.43. The molecule has 7 rings (SSSR count). The zero-order chi connectivity index (χ0) is 38.1. The fourth-order valence-electron chi connectivity index (χ4n) is 7.80. The normalized spacial score (nSPS) is 19.3. The molecule has 0 unspecified atom stereocenters. The van der Waals surface area contributed by atoms with Crippen molar-refractivity contribution >= 4 is 22.8 Å². The van der Waals surface area contributed by atoms with Gasteiger partial charge >= 0.3 is 5.69 Å². The summed E-state index contributed by atoms with van der Waals surface area (Å²) in [5.41, 5.74) is 9.17. The number of nitrogens with one attached hydrogen (secondary N) is 3. The van der Waals surface area contributed by atoms with E-state index in [4.69, 9.17) is 14.7 Å². The van der Waals surface area contributed by atoms with E-state index in [9.17, 15) is 19.5 Å². The predicted molar refractivity (Wildman–Crippen MR) is 208 cm³/mol. The highest BCUT2D eigenvalue weighted by Crippen LogP contribution is 2.39. The quantitative estimate of drug-likeness (QED) is 0.0522. The Kier molecular flexibility index (Phi) is 12.5. The molecule has 0 bridgehead atoms. The highest BCUT2D eigenvalue weighted by molar-refractivity contribution is 5.77. The lowest BCUT2D eigenvalue weighted by atomic mass is 9.97. The summed E-state index contributed by atoms with van der Waals surface area (Å²) in [5, 5.41) is 21.3. The van der Waals surface area contributed by atoms with Crippen LogP contribution in [-0.2, 0) is 32.2 Å². The van der Waals surface area contributed by atoms with Crippen molar-refractivity contribution in [3.63, 3.8) is 0 Å². The number of benzene rings is 4. The largest absolute Gasteiger partial charge is 0.392 e. The zero-order valence-corrected chi connectivity index (χ0v) is 30.9. The van der Waals surface area contributed by atoms with Crippen LogP contribution >= 0.6 is 0 Å². The van der Waals surface area contributed by atoms with Crippen molar-refractivity contribution in [3.8, 4) is 11.1 Å². The van der Waals surface area contributed by atoms with Crippen LogP contribution in [0, 0.1) is 0 Å². The lowest BCUT2D eigenvalue weighted by molar-refractivity contribution is -0.253. The van der Waals surface area contributed by atoms with E-state index in [2.05, 4.69) is 27.3 Å². The van der Waals surface area contributed by atoms with Crippen LogP contribution in [0.4, 0.5) is 0 Å². The molecule has 12 heteroatoms. The molecule has 3 atom stereocenters. The van der Waals surface area contributed by atoms with E-state index in [0.29, 0.717) is 32.2 Å². The van der Waals surface area contributed by atoms with Crippen LogP contribution in [0.3, 0.4) is 0 Å². The van der Waals surface area contributed by atoms with E-state index >= 15 is 0 Å². The molecule has 2 saturated heterocycles. The van der Waals surface area contributed by atoms with Gasteiger partial charge in [0.25, 0.3) is 0 Å². The average Bonchev–Trinajstić information content (AvgIpc) is 3.57. The first-order valence-corrected chi connectivity index (χ1v) is 19.2. The van der Waals surface area contributed by atoms with Gasteiger partial charge in [-0.05, 0) is 65.6 Å². The Labute approximate surface area is 320 Å². The molecule has 2 aliphatic heterocycles. The number of rotatable bonds is 14. The number of fused-ring (bicyclic) bond motifs is 1. The van der Waals surface area contributed by atoms with Crippen LogP contribution in [0.5, 0.6) is 0 Å². The third-order valence-corrected chi connectivity index (χ3v) is 10.8. The van der Waals surface area contributed by atoms with Crippen LogP contribution in [0.1, 0.15) is 85.6 Å². The van der Waals surface area contributed by atoms with Gasteiger partial charge in [0.05, 0.1) is 29.8 Å². The highest BCUT2D eigenvalue weighted by atomic mass is 16.7. The van der Waals surface area contributed by atoms with Crippen molar-refractivity contribution in [1.82, 2.24) is 25.2 Å². The number of carbonyl (C=O) groups is 2. The molecule has 1 aromatic heterocycles. The molecule has 4 aromatic carbocycles. The summed E-state index contributed by atoms with van der Waals surface area (Å²) in [6, 6.07) is 32.1. The number of nitrogens with zero attached hydrogens (tertiary/aromatic N) is 2. The molecule has 5 aromatic rings. The van der Waals surface area contributed by atoms with Crippen molar-refractivity contribution in [3.05, 3.63) is 130 Å². The second-order valence-electron chi connectivity index (χ2n) is 14.5. The fourth-order valence-corrected chi connectivity index (χ4v) is 7.80. The van der Waals surface area contributed by atoms with Gasteiger partial charge in [0.15, 0.2) is 6.29 Å². The lowest BCUT2D eigenvalue weighted by Gasteiger charge is -2.40. The maximum Gasteiger partial charge on any atom is 0.326 e. The number of hydroxylamine groups is 1. The summed E-state index contributed by atoms with van der Waals surface area (Å²) in [4.78, 5) is 42.0. The van der Waals surface area contributed by atoms with E-state index in [1.54, 1.807) is 5.48 Å². The molecule has 5 N–H and O–H groups in total. The molecule has 0 saturated carbocycles. The Morgan fingerprint density at radius 3 is 2.25 bits per heavy atom. The Balaban J connectivity index is 1.01. The van der Waals surface area contributed by atoms with Crippen molar-refractivity contribution in [1.29, 1.82) is 0 Å². The number of aromatic amines is 1. The van der Waals surface area contributed by atoms with Gasteiger partial charge in [-0.25, -0.2) is 10.3 Å². The van der Waals surface area contributed by atoms with Crippen LogP contribution < -0.4 is 16.5 Å². The molecule has 0 aliphatic carbocycles. The number of ether oxygens (including phenoxy) is 2. The second kappa shape index (κ2) is 18.0. The van der Waals surface area contributed by atoms with E-state index in [1.807, 2.05) is 89.5 Å². The smallest absolute Gasteiger partial charge is 0.326 e. The topological polar surface area (TPSA) is 158 Å². The van der Waals surface area contributed by atoms with Gasteiger partial charge in [-0.3, -0.25) is 19.4 Å². The number of piperidine rings is 1. The van der Waals surface area contributed by atoms with Gasteiger partial charge in [0.2, 0.25) is 11.8 Å². The second-order valence-corrected chi connectivity index (χ2v) is 14.5. The molecule has 2 aliphatic rings. The minimum Gasteiger partial charge on any atom is -0.392 e. The standard InChI is InChI=1S/C43H49N5O7/c49-28-29-13-15-31(16-14-29)39-25-35(27-47-23-21-34(22-24-47)48-38-10-4-3-9-37(38)45-43(48)52)54-42(55-39)32-19-17-30(18-20-32)36-8-2-1-7-33(36)26-44-40(50)11-5-6-12-41(51)46-53/h1-4,7-10,13-20,34-35,39,42,49,53H,5-6,11-12,21-28H2,(H,44,50)(H,45,52)(H,46,51)/t35-,39+,42+/m0/s1. The van der Waals surface area contributed by atoms with E-state index in [0.717, 1.165) is 76.9 Å². The van der Waals surface area contributed by atoms with Gasteiger partial charge in [-0.15, -0.1) is 0 Å². The number of amides is 2. The van der Waals surface area contributed by atoms with E-state index in [-0.39, 0.29) is 42.9 Å². The number of unbranched alkanes of at least 4 members (excludes halogenated alkanes) is 1. The molecule has 288 valence electrons. The number of carbonyl (C=O) groups excluding carboxylic acids is 2. The molecular weight excluding hydrogens is 699 g/mol. The third kappa shape index (κ3) is 9.41. The molecule has 12 nitrogen and oxygen atoms in total. The van der Waals surface area contributed by atoms with Gasteiger partial charge in [0.1, 0.15) is 0 Å². The van der Waals surface area contributed by atoms with Crippen LogP contribution in [-0.4, -0.2) is 62.3 Å². The molecule has 2 amide bonds. The predicted octanol–water partition coefficient (Wildman–Crippen LogP) is 6.05. The number of aliphatic hydroxyl groups excluding tert-OH is 1. The number of hydrogen-bond acceptors (Lipinski definition) is 8. The fraction of sp³-hybridized carbons (Fsp3) is 0.372. The Morgan fingerprint density at radius 1 is 0.818 bits per heavy atom.